The largest absolute Gasteiger partial charge is 0.483 e. The van der Waals surface area contributed by atoms with Gasteiger partial charge in [0.05, 0.1) is 22.9 Å². The van der Waals surface area contributed by atoms with Crippen molar-refractivity contribution in [3.05, 3.63) is 53.3 Å². The van der Waals surface area contributed by atoms with Crippen molar-refractivity contribution in [3.8, 4) is 11.8 Å². The van der Waals surface area contributed by atoms with E-state index in [2.05, 4.69) is 0 Å². The second-order valence-corrected chi connectivity index (χ2v) is 7.61. The minimum Gasteiger partial charge on any atom is -0.483 e. The molecule has 1 amide bonds. The zero-order chi connectivity index (χ0) is 23.8. The molecule has 0 unspecified atom stereocenters. The van der Waals surface area contributed by atoms with Gasteiger partial charge >= 0.3 is 6.18 Å². The van der Waals surface area contributed by atoms with E-state index in [4.69, 9.17) is 22.2 Å². The molecule has 11 heteroatoms. The van der Waals surface area contributed by atoms with Crippen molar-refractivity contribution in [3.63, 3.8) is 0 Å². The average molecular weight is 465 g/mol. The number of hydrogen-bond acceptors (Lipinski definition) is 5. The molecule has 166 valence electrons. The number of nitriles is 1. The predicted molar refractivity (Wildman–Crippen MR) is 111 cm³/mol. The molecule has 2 aromatic carbocycles. The SMILES string of the molecule is CC1(C)C(=O)N(c2ccc(C#N)c(C(F)(F)F)c2)C(=S)N1c1ccc(OCC=O)c(F)c1. The second-order valence-electron chi connectivity index (χ2n) is 7.25. The number of ether oxygens (including phenoxy) is 1. The van der Waals surface area contributed by atoms with Crippen LogP contribution in [0.3, 0.4) is 0 Å². The van der Waals surface area contributed by atoms with Crippen molar-refractivity contribution in [2.45, 2.75) is 25.6 Å². The van der Waals surface area contributed by atoms with Crippen LogP contribution in [0.25, 0.3) is 0 Å². The van der Waals surface area contributed by atoms with Crippen LogP contribution < -0.4 is 14.5 Å². The zero-order valence-electron chi connectivity index (χ0n) is 16.7. The maximum absolute atomic E-state index is 14.4. The molecule has 2 aromatic rings. The van der Waals surface area contributed by atoms with Crippen LogP contribution in [0.5, 0.6) is 5.75 Å². The number of hydrogen-bond donors (Lipinski definition) is 0. The van der Waals surface area contributed by atoms with Crippen LogP contribution >= 0.6 is 12.2 Å². The monoisotopic (exact) mass is 465 g/mol. The summed E-state index contributed by atoms with van der Waals surface area (Å²) in [6, 6.07) is 8.02. The topological polar surface area (TPSA) is 73.6 Å². The highest BCUT2D eigenvalue weighted by atomic mass is 32.1. The fourth-order valence-corrected chi connectivity index (χ4v) is 3.85. The van der Waals surface area contributed by atoms with Gasteiger partial charge in [0.2, 0.25) is 0 Å². The molecule has 0 aliphatic carbocycles. The van der Waals surface area contributed by atoms with E-state index in [9.17, 15) is 27.2 Å². The van der Waals surface area contributed by atoms with Crippen LogP contribution in [0.4, 0.5) is 28.9 Å². The molecule has 1 saturated heterocycles. The predicted octanol–water partition coefficient (Wildman–Crippen LogP) is 4.21. The van der Waals surface area contributed by atoms with Crippen LogP contribution in [-0.4, -0.2) is 29.5 Å². The summed E-state index contributed by atoms with van der Waals surface area (Å²) < 4.78 is 59.5. The molecule has 1 heterocycles. The molecule has 0 saturated carbocycles. The third-order valence-corrected chi connectivity index (χ3v) is 5.20. The van der Waals surface area contributed by atoms with Crippen LogP contribution in [0.15, 0.2) is 36.4 Å². The minimum atomic E-state index is -4.82. The fraction of sp³-hybridized carbons (Fsp3) is 0.238. The van der Waals surface area contributed by atoms with Crippen LogP contribution in [-0.2, 0) is 15.8 Å². The van der Waals surface area contributed by atoms with Crippen LogP contribution in [0.2, 0.25) is 0 Å². The Morgan fingerprint density at radius 2 is 1.84 bits per heavy atom. The van der Waals surface area contributed by atoms with Gasteiger partial charge in [-0.3, -0.25) is 14.5 Å². The van der Waals surface area contributed by atoms with Gasteiger partial charge in [0, 0.05) is 11.8 Å². The molecular formula is C21H15F4N3O3S. The van der Waals surface area contributed by atoms with Crippen LogP contribution in [0, 0.1) is 17.1 Å². The smallest absolute Gasteiger partial charge is 0.417 e. The number of amides is 1. The van der Waals surface area contributed by atoms with E-state index in [0.717, 1.165) is 17.0 Å². The summed E-state index contributed by atoms with van der Waals surface area (Å²) in [5.41, 5.74) is -3.17. The molecule has 0 radical (unpaired) electrons. The molecule has 0 bridgehead atoms. The van der Waals surface area contributed by atoms with E-state index < -0.39 is 34.6 Å². The van der Waals surface area contributed by atoms with Gasteiger partial charge < -0.3 is 9.64 Å². The van der Waals surface area contributed by atoms with E-state index in [1.807, 2.05) is 0 Å². The fourth-order valence-electron chi connectivity index (χ4n) is 3.33. The lowest BCUT2D eigenvalue weighted by Crippen LogP contribution is -2.44. The van der Waals surface area contributed by atoms with Gasteiger partial charge in [0.1, 0.15) is 12.1 Å². The number of carbonyl (C=O) groups is 2. The summed E-state index contributed by atoms with van der Waals surface area (Å²) in [5.74, 6) is -1.64. The quantitative estimate of drug-likeness (QED) is 0.374. The van der Waals surface area contributed by atoms with Gasteiger partial charge in [0.15, 0.2) is 23.0 Å². The van der Waals surface area contributed by atoms with E-state index >= 15 is 0 Å². The summed E-state index contributed by atoms with van der Waals surface area (Å²) >= 11 is 5.38. The molecule has 1 aliphatic rings. The van der Waals surface area contributed by atoms with Gasteiger partial charge in [-0.15, -0.1) is 0 Å². The van der Waals surface area contributed by atoms with Crippen molar-refractivity contribution in [1.82, 2.24) is 0 Å². The van der Waals surface area contributed by atoms with Crippen molar-refractivity contribution < 1.29 is 31.9 Å². The number of anilines is 2. The number of carbonyl (C=O) groups excluding carboxylic acids is 2. The number of aldehydes is 1. The first-order chi connectivity index (χ1) is 14.9. The van der Waals surface area contributed by atoms with Gasteiger partial charge in [-0.1, -0.05) is 0 Å². The summed E-state index contributed by atoms with van der Waals surface area (Å²) in [6.07, 6.45) is -4.36. The third-order valence-electron chi connectivity index (χ3n) is 4.84. The standard InChI is InChI=1S/C21H15F4N3O3S/c1-20(2)18(30)27(13-4-3-12(11-26)15(9-13)21(23,24)25)19(32)28(20)14-5-6-17(16(22)10-14)31-8-7-29/h3-7,9-10H,8H2,1-2H3. The van der Waals surface area contributed by atoms with Crippen molar-refractivity contribution in [2.24, 2.45) is 0 Å². The van der Waals surface area contributed by atoms with E-state index in [1.165, 1.54) is 43.0 Å². The summed E-state index contributed by atoms with van der Waals surface area (Å²) in [7, 11) is 0. The molecular weight excluding hydrogens is 450 g/mol. The average Bonchev–Trinajstić information content (AvgIpc) is 2.90. The van der Waals surface area contributed by atoms with Crippen molar-refractivity contribution in [2.75, 3.05) is 16.4 Å². The number of halogens is 4. The number of thiocarbonyl (C=S) groups is 1. The van der Waals surface area contributed by atoms with E-state index in [-0.39, 0.29) is 28.8 Å². The zero-order valence-corrected chi connectivity index (χ0v) is 17.6. The minimum absolute atomic E-state index is 0.163. The highest BCUT2D eigenvalue weighted by molar-refractivity contribution is 7.81. The Kier molecular flexibility index (Phi) is 5.93. The number of alkyl halides is 3. The Labute approximate surface area is 185 Å². The highest BCUT2D eigenvalue weighted by Crippen LogP contribution is 2.40. The first kappa shape index (κ1) is 23.1. The number of nitrogens with zero attached hydrogens (tertiary/aromatic N) is 3. The summed E-state index contributed by atoms with van der Waals surface area (Å²) in [6.45, 7) is 2.63. The Bertz CT molecular complexity index is 1160. The summed E-state index contributed by atoms with van der Waals surface area (Å²) in [5, 5.41) is 8.82. The van der Waals surface area contributed by atoms with E-state index in [1.54, 1.807) is 0 Å². The molecule has 0 atom stereocenters. The van der Waals surface area contributed by atoms with Crippen molar-refractivity contribution in [1.29, 1.82) is 5.26 Å². The Balaban J connectivity index is 2.06. The summed E-state index contributed by atoms with van der Waals surface area (Å²) in [4.78, 5) is 25.8. The maximum atomic E-state index is 14.4. The Morgan fingerprint density at radius 3 is 2.41 bits per heavy atom. The van der Waals surface area contributed by atoms with E-state index in [0.29, 0.717) is 12.4 Å². The maximum Gasteiger partial charge on any atom is 0.417 e. The molecule has 6 nitrogen and oxygen atoms in total. The first-order valence-corrected chi connectivity index (χ1v) is 9.50. The molecule has 3 rings (SSSR count). The molecule has 1 aliphatic heterocycles. The van der Waals surface area contributed by atoms with Gasteiger partial charge in [-0.05, 0) is 56.4 Å². The number of benzene rings is 2. The lowest BCUT2D eigenvalue weighted by molar-refractivity contribution is -0.137. The lowest BCUT2D eigenvalue weighted by Gasteiger charge is -2.29. The second kappa shape index (κ2) is 8.20. The molecule has 1 fully saturated rings. The third kappa shape index (κ3) is 3.89. The van der Waals surface area contributed by atoms with Crippen LogP contribution in [0.1, 0.15) is 25.0 Å². The number of rotatable bonds is 5. The van der Waals surface area contributed by atoms with Gasteiger partial charge in [0.25, 0.3) is 5.91 Å². The normalized spacial score (nSPS) is 15.7. The molecule has 32 heavy (non-hydrogen) atoms. The Hall–Kier alpha value is -3.52. The van der Waals surface area contributed by atoms with Crippen molar-refractivity contribution >= 4 is 40.9 Å². The molecule has 0 spiro atoms. The molecule has 0 N–H and O–H groups in total. The highest BCUT2D eigenvalue weighted by Gasteiger charge is 2.50. The van der Waals surface area contributed by atoms with Gasteiger partial charge in [-0.2, -0.15) is 18.4 Å². The van der Waals surface area contributed by atoms with Gasteiger partial charge in [-0.25, -0.2) is 4.39 Å². The Morgan fingerprint density at radius 1 is 1.19 bits per heavy atom. The first-order valence-electron chi connectivity index (χ1n) is 9.09. The molecule has 0 aromatic heterocycles. The lowest BCUT2D eigenvalue weighted by atomic mass is 10.0.